The Morgan fingerprint density at radius 3 is 2.46 bits per heavy atom. The standard InChI is InChI=1S/C21H20ClN3O3/c1-3-28-17-8-5-15(6-9-17)25-21(26)18-10-7-16(13-23-18)24-19-12-14(22)4-11-20(19)27-2/h4-13,24H,3H2,1-2H3,(H,25,26). The van der Waals surface area contributed by atoms with E-state index >= 15 is 0 Å². The molecule has 0 bridgehead atoms. The minimum atomic E-state index is -0.295. The predicted molar refractivity (Wildman–Crippen MR) is 111 cm³/mol. The predicted octanol–water partition coefficient (Wildman–Crippen LogP) is 5.14. The van der Waals surface area contributed by atoms with Gasteiger partial charge >= 0.3 is 0 Å². The van der Waals surface area contributed by atoms with Crippen molar-refractivity contribution in [3.8, 4) is 11.5 Å². The number of amides is 1. The molecule has 1 heterocycles. The number of anilines is 3. The minimum absolute atomic E-state index is 0.295. The normalized spacial score (nSPS) is 10.2. The molecule has 1 amide bonds. The molecule has 0 saturated heterocycles. The Balaban J connectivity index is 1.66. The summed E-state index contributed by atoms with van der Waals surface area (Å²) < 4.78 is 10.7. The molecule has 0 atom stereocenters. The van der Waals surface area contributed by atoms with E-state index in [9.17, 15) is 4.79 Å². The highest BCUT2D eigenvalue weighted by atomic mass is 35.5. The fraction of sp³-hybridized carbons (Fsp3) is 0.143. The zero-order valence-electron chi connectivity index (χ0n) is 15.5. The number of pyridine rings is 1. The second-order valence-electron chi connectivity index (χ2n) is 5.81. The van der Waals surface area contributed by atoms with Gasteiger partial charge in [-0.25, -0.2) is 4.98 Å². The lowest BCUT2D eigenvalue weighted by molar-refractivity contribution is 0.102. The summed E-state index contributed by atoms with van der Waals surface area (Å²) in [5.74, 6) is 1.11. The molecule has 3 aromatic rings. The van der Waals surface area contributed by atoms with Crippen LogP contribution in [0.1, 0.15) is 17.4 Å². The molecule has 28 heavy (non-hydrogen) atoms. The van der Waals surface area contributed by atoms with Crippen LogP contribution in [0.25, 0.3) is 0 Å². The van der Waals surface area contributed by atoms with Crippen LogP contribution in [0.5, 0.6) is 11.5 Å². The smallest absolute Gasteiger partial charge is 0.274 e. The second kappa shape index (κ2) is 9.10. The van der Waals surface area contributed by atoms with Crippen molar-refractivity contribution in [2.75, 3.05) is 24.4 Å². The van der Waals surface area contributed by atoms with Gasteiger partial charge in [0.2, 0.25) is 0 Å². The first kappa shape index (κ1) is 19.5. The van der Waals surface area contributed by atoms with Gasteiger partial charge in [0.15, 0.2) is 0 Å². The Hall–Kier alpha value is -3.25. The Bertz CT molecular complexity index is 944. The first-order valence-electron chi connectivity index (χ1n) is 8.70. The molecule has 0 fully saturated rings. The molecule has 0 aliphatic carbocycles. The van der Waals surface area contributed by atoms with Gasteiger partial charge < -0.3 is 20.1 Å². The number of rotatable bonds is 7. The molecular formula is C21H20ClN3O3. The molecule has 0 spiro atoms. The lowest BCUT2D eigenvalue weighted by atomic mass is 10.2. The zero-order chi connectivity index (χ0) is 19.9. The average Bonchev–Trinajstić information content (AvgIpc) is 2.70. The molecule has 1 aromatic heterocycles. The van der Waals surface area contributed by atoms with Crippen molar-refractivity contribution in [2.24, 2.45) is 0 Å². The van der Waals surface area contributed by atoms with E-state index in [0.717, 1.165) is 5.75 Å². The van der Waals surface area contributed by atoms with Crippen LogP contribution in [0.2, 0.25) is 5.02 Å². The Morgan fingerprint density at radius 1 is 1.07 bits per heavy atom. The van der Waals surface area contributed by atoms with Crippen molar-refractivity contribution >= 4 is 34.6 Å². The molecule has 2 aromatic carbocycles. The maximum Gasteiger partial charge on any atom is 0.274 e. The summed E-state index contributed by atoms with van der Waals surface area (Å²) in [6, 6.07) is 15.9. The number of nitrogens with one attached hydrogen (secondary N) is 2. The number of carbonyl (C=O) groups is 1. The van der Waals surface area contributed by atoms with Crippen molar-refractivity contribution in [1.82, 2.24) is 4.98 Å². The van der Waals surface area contributed by atoms with Crippen molar-refractivity contribution in [2.45, 2.75) is 6.92 Å². The van der Waals surface area contributed by atoms with Crippen molar-refractivity contribution in [3.63, 3.8) is 0 Å². The number of halogens is 1. The number of nitrogens with zero attached hydrogens (tertiary/aromatic N) is 1. The van der Waals surface area contributed by atoms with Crippen LogP contribution in [0.3, 0.4) is 0 Å². The molecule has 0 saturated carbocycles. The molecule has 0 radical (unpaired) electrons. The number of benzene rings is 2. The third kappa shape index (κ3) is 4.92. The van der Waals surface area contributed by atoms with Crippen LogP contribution in [0.4, 0.5) is 17.1 Å². The topological polar surface area (TPSA) is 72.5 Å². The third-order valence-electron chi connectivity index (χ3n) is 3.86. The minimum Gasteiger partial charge on any atom is -0.495 e. The molecule has 0 aliphatic heterocycles. The Labute approximate surface area is 168 Å². The lowest BCUT2D eigenvalue weighted by Crippen LogP contribution is -2.13. The Morgan fingerprint density at radius 2 is 1.82 bits per heavy atom. The van der Waals surface area contributed by atoms with E-state index in [1.807, 2.05) is 6.92 Å². The quantitative estimate of drug-likeness (QED) is 0.577. The van der Waals surface area contributed by atoms with Gasteiger partial charge in [-0.1, -0.05) is 11.6 Å². The summed E-state index contributed by atoms with van der Waals surface area (Å²) in [5.41, 5.74) is 2.39. The summed E-state index contributed by atoms with van der Waals surface area (Å²) in [4.78, 5) is 16.6. The monoisotopic (exact) mass is 397 g/mol. The van der Waals surface area contributed by atoms with Gasteiger partial charge in [-0.15, -0.1) is 0 Å². The number of hydrogen-bond acceptors (Lipinski definition) is 5. The van der Waals surface area contributed by atoms with Crippen LogP contribution in [0, 0.1) is 0 Å². The summed E-state index contributed by atoms with van der Waals surface area (Å²) >= 11 is 6.04. The van der Waals surface area contributed by atoms with E-state index < -0.39 is 0 Å². The summed E-state index contributed by atoms with van der Waals surface area (Å²) in [5, 5.41) is 6.57. The van der Waals surface area contributed by atoms with Gasteiger partial charge in [-0.2, -0.15) is 0 Å². The Kier molecular flexibility index (Phi) is 6.34. The van der Waals surface area contributed by atoms with E-state index in [4.69, 9.17) is 21.1 Å². The van der Waals surface area contributed by atoms with Crippen LogP contribution >= 0.6 is 11.6 Å². The van der Waals surface area contributed by atoms with Crippen molar-refractivity contribution in [3.05, 3.63) is 71.5 Å². The highest BCUT2D eigenvalue weighted by Crippen LogP contribution is 2.30. The highest BCUT2D eigenvalue weighted by molar-refractivity contribution is 6.31. The van der Waals surface area contributed by atoms with Crippen LogP contribution in [-0.2, 0) is 0 Å². The van der Waals surface area contributed by atoms with E-state index in [1.165, 1.54) is 0 Å². The fourth-order valence-electron chi connectivity index (χ4n) is 2.53. The molecule has 144 valence electrons. The molecule has 0 aliphatic rings. The van der Waals surface area contributed by atoms with Gasteiger partial charge in [-0.3, -0.25) is 4.79 Å². The molecule has 2 N–H and O–H groups in total. The fourth-order valence-corrected chi connectivity index (χ4v) is 2.70. The van der Waals surface area contributed by atoms with Crippen LogP contribution < -0.4 is 20.1 Å². The molecule has 7 heteroatoms. The van der Waals surface area contributed by atoms with E-state index in [0.29, 0.717) is 40.1 Å². The average molecular weight is 398 g/mol. The summed E-state index contributed by atoms with van der Waals surface area (Å²) in [7, 11) is 1.58. The van der Waals surface area contributed by atoms with Crippen LogP contribution in [-0.4, -0.2) is 24.6 Å². The number of aromatic nitrogens is 1. The number of ether oxygens (including phenoxy) is 2. The summed E-state index contributed by atoms with van der Waals surface area (Å²) in [6.45, 7) is 2.51. The number of hydrogen-bond donors (Lipinski definition) is 2. The number of methoxy groups -OCH3 is 1. The lowest BCUT2D eigenvalue weighted by Gasteiger charge is -2.12. The highest BCUT2D eigenvalue weighted by Gasteiger charge is 2.09. The molecular weight excluding hydrogens is 378 g/mol. The van der Waals surface area contributed by atoms with E-state index in [2.05, 4.69) is 15.6 Å². The SMILES string of the molecule is CCOc1ccc(NC(=O)c2ccc(Nc3cc(Cl)ccc3OC)cn2)cc1. The van der Waals surface area contributed by atoms with Gasteiger partial charge in [0.05, 0.1) is 31.3 Å². The molecule has 6 nitrogen and oxygen atoms in total. The maximum atomic E-state index is 12.4. The largest absolute Gasteiger partial charge is 0.495 e. The van der Waals surface area contributed by atoms with Crippen molar-refractivity contribution < 1.29 is 14.3 Å². The van der Waals surface area contributed by atoms with Crippen LogP contribution in [0.15, 0.2) is 60.8 Å². The molecule has 0 unspecified atom stereocenters. The first-order chi connectivity index (χ1) is 13.6. The van der Waals surface area contributed by atoms with Gasteiger partial charge in [0.25, 0.3) is 5.91 Å². The number of carbonyl (C=O) groups excluding carboxylic acids is 1. The maximum absolute atomic E-state index is 12.4. The third-order valence-corrected chi connectivity index (χ3v) is 4.09. The molecule has 3 rings (SSSR count). The summed E-state index contributed by atoms with van der Waals surface area (Å²) in [6.07, 6.45) is 1.58. The van der Waals surface area contributed by atoms with Gasteiger partial charge in [-0.05, 0) is 61.5 Å². The van der Waals surface area contributed by atoms with E-state index in [-0.39, 0.29) is 5.91 Å². The zero-order valence-corrected chi connectivity index (χ0v) is 16.3. The first-order valence-corrected chi connectivity index (χ1v) is 9.07. The second-order valence-corrected chi connectivity index (χ2v) is 6.25. The van der Waals surface area contributed by atoms with Crippen molar-refractivity contribution in [1.29, 1.82) is 0 Å². The van der Waals surface area contributed by atoms with E-state index in [1.54, 1.807) is 67.9 Å². The van der Waals surface area contributed by atoms with Gasteiger partial charge in [0, 0.05) is 10.7 Å². The van der Waals surface area contributed by atoms with Gasteiger partial charge in [0.1, 0.15) is 17.2 Å².